The van der Waals surface area contributed by atoms with Gasteiger partial charge in [0.25, 0.3) is 0 Å². The molecule has 62 valence electrons. The van der Waals surface area contributed by atoms with E-state index in [4.69, 9.17) is 4.43 Å². The first-order valence-corrected chi connectivity index (χ1v) is 4.81. The Labute approximate surface area is 67.7 Å². The van der Waals surface area contributed by atoms with Crippen LogP contribution in [0.2, 0.25) is 0 Å². The largest absolute Gasteiger partial charge is 0.428 e. The van der Waals surface area contributed by atoms with Crippen molar-refractivity contribution in [3.63, 3.8) is 0 Å². The summed E-state index contributed by atoms with van der Waals surface area (Å²) < 4.78 is 5.17. The van der Waals surface area contributed by atoms with Gasteiger partial charge < -0.3 is 4.43 Å². The molecule has 0 rings (SSSR count). The van der Waals surface area contributed by atoms with Gasteiger partial charge in [-0.25, -0.2) is 0 Å². The van der Waals surface area contributed by atoms with Gasteiger partial charge in [0.05, 0.1) is 0 Å². The molecule has 0 amide bonds. The molecule has 0 radical (unpaired) electrons. The summed E-state index contributed by atoms with van der Waals surface area (Å²) in [7, 11) is 0.878. The van der Waals surface area contributed by atoms with Crippen LogP contribution in [0.4, 0.5) is 0 Å². The molecule has 1 nitrogen and oxygen atoms in total. The van der Waals surface area contributed by atoms with Crippen LogP contribution in [-0.2, 0) is 4.43 Å². The van der Waals surface area contributed by atoms with E-state index in [9.17, 15) is 0 Å². The highest BCUT2D eigenvalue weighted by molar-refractivity contribution is 5.97. The summed E-state index contributed by atoms with van der Waals surface area (Å²) in [6, 6.07) is 0. The third kappa shape index (κ3) is 3.37. The first-order chi connectivity index (χ1) is 4.50. The van der Waals surface area contributed by atoms with Crippen LogP contribution in [0.25, 0.3) is 0 Å². The predicted molar refractivity (Wildman–Crippen MR) is 49.1 cm³/mol. The van der Waals surface area contributed by atoms with Gasteiger partial charge in [0.15, 0.2) is 0 Å². The van der Waals surface area contributed by atoms with Crippen LogP contribution in [0.1, 0.15) is 34.1 Å². The highest BCUT2D eigenvalue weighted by Crippen LogP contribution is 2.29. The summed E-state index contributed by atoms with van der Waals surface area (Å²) in [5.41, 5.74) is 0.449. The van der Waals surface area contributed by atoms with Crippen molar-refractivity contribution < 1.29 is 4.43 Å². The maximum atomic E-state index is 5.17. The van der Waals surface area contributed by atoms with Crippen LogP contribution in [0.15, 0.2) is 0 Å². The van der Waals surface area contributed by atoms with Gasteiger partial charge in [-0.3, -0.25) is 0 Å². The first kappa shape index (κ1) is 10.2. The highest BCUT2D eigenvalue weighted by atomic mass is 28.2. The summed E-state index contributed by atoms with van der Waals surface area (Å²) in [6.45, 7) is 10.1. The molecule has 0 aliphatic rings. The Morgan fingerprint density at radius 2 is 1.90 bits per heavy atom. The van der Waals surface area contributed by atoms with Crippen molar-refractivity contribution in [3.8, 4) is 0 Å². The first-order valence-electron chi connectivity index (χ1n) is 3.99. The summed E-state index contributed by atoms with van der Waals surface area (Å²) in [4.78, 5) is 0. The zero-order chi connectivity index (χ0) is 8.20. The molecule has 2 heteroatoms. The third-order valence-electron chi connectivity index (χ3n) is 2.51. The molecule has 0 heterocycles. The van der Waals surface area contributed by atoms with Gasteiger partial charge in [0.1, 0.15) is 10.5 Å². The minimum atomic E-state index is 0.449. The molecule has 0 saturated heterocycles. The third-order valence-corrected chi connectivity index (χ3v) is 2.92. The van der Waals surface area contributed by atoms with Gasteiger partial charge in [-0.2, -0.15) is 0 Å². The van der Waals surface area contributed by atoms with Crippen LogP contribution in [0.3, 0.4) is 0 Å². The van der Waals surface area contributed by atoms with Gasteiger partial charge in [0.2, 0.25) is 0 Å². The molecular formula is C8H20OSi. The average Bonchev–Trinajstić information content (AvgIpc) is 1.84. The van der Waals surface area contributed by atoms with Gasteiger partial charge in [-0.05, 0) is 17.8 Å². The van der Waals surface area contributed by atoms with Gasteiger partial charge in [-0.1, -0.05) is 27.7 Å². The minimum absolute atomic E-state index is 0.449. The Kier molecular flexibility index (Phi) is 4.21. The summed E-state index contributed by atoms with van der Waals surface area (Å²) in [5, 5.41) is 0. The lowest BCUT2D eigenvalue weighted by Gasteiger charge is -2.28. The molecule has 0 unspecified atom stereocenters. The van der Waals surface area contributed by atoms with Crippen molar-refractivity contribution in [1.82, 2.24) is 0 Å². The van der Waals surface area contributed by atoms with E-state index < -0.39 is 0 Å². The molecule has 0 aromatic rings. The fourth-order valence-corrected chi connectivity index (χ4v) is 0.858. The van der Waals surface area contributed by atoms with E-state index >= 15 is 0 Å². The normalized spacial score (nSPS) is 12.9. The van der Waals surface area contributed by atoms with E-state index in [1.54, 1.807) is 0 Å². The lowest BCUT2D eigenvalue weighted by molar-refractivity contribution is 0.181. The summed E-state index contributed by atoms with van der Waals surface area (Å²) >= 11 is 0. The van der Waals surface area contributed by atoms with E-state index in [1.165, 1.54) is 6.42 Å². The van der Waals surface area contributed by atoms with Crippen LogP contribution in [-0.4, -0.2) is 17.1 Å². The molecule has 0 spiro atoms. The monoisotopic (exact) mass is 160 g/mol. The van der Waals surface area contributed by atoms with E-state index in [-0.39, 0.29) is 0 Å². The SMILES string of the molecule is CC(C)C(C)(C)CCO[SiH3]. The second kappa shape index (κ2) is 4.14. The summed E-state index contributed by atoms with van der Waals surface area (Å²) in [5.74, 6) is 0.754. The molecule has 0 N–H and O–H groups in total. The van der Waals surface area contributed by atoms with Crippen LogP contribution in [0.5, 0.6) is 0 Å². The van der Waals surface area contributed by atoms with Crippen molar-refractivity contribution in [2.45, 2.75) is 34.1 Å². The van der Waals surface area contributed by atoms with Crippen molar-refractivity contribution in [2.24, 2.45) is 11.3 Å². The molecular weight excluding hydrogens is 140 g/mol. The number of hydrogen-bond donors (Lipinski definition) is 0. The van der Waals surface area contributed by atoms with Crippen LogP contribution in [0, 0.1) is 11.3 Å². The maximum absolute atomic E-state index is 5.17. The van der Waals surface area contributed by atoms with Gasteiger partial charge in [-0.15, -0.1) is 0 Å². The standard InChI is InChI=1S/C8H20OSi/c1-7(2)8(3,4)5-6-9-10/h7H,5-6H2,1-4,10H3. The van der Waals surface area contributed by atoms with E-state index in [0.717, 1.165) is 23.0 Å². The molecule has 0 saturated carbocycles. The number of hydrogen-bond acceptors (Lipinski definition) is 1. The second-order valence-corrected chi connectivity index (χ2v) is 4.46. The Morgan fingerprint density at radius 1 is 1.40 bits per heavy atom. The zero-order valence-electron chi connectivity index (χ0n) is 7.90. The highest BCUT2D eigenvalue weighted by Gasteiger charge is 2.20. The molecule has 0 aliphatic carbocycles. The topological polar surface area (TPSA) is 9.23 Å². The average molecular weight is 160 g/mol. The maximum Gasteiger partial charge on any atom is 0.145 e. The molecule has 0 aromatic carbocycles. The fraction of sp³-hybridized carbons (Fsp3) is 1.00. The van der Waals surface area contributed by atoms with Crippen LogP contribution < -0.4 is 0 Å². The van der Waals surface area contributed by atoms with Crippen molar-refractivity contribution in [1.29, 1.82) is 0 Å². The lowest BCUT2D eigenvalue weighted by atomic mass is 9.79. The van der Waals surface area contributed by atoms with Gasteiger partial charge in [0, 0.05) is 6.61 Å². The quantitative estimate of drug-likeness (QED) is 0.564. The Bertz CT molecular complexity index is 89.3. The molecule has 10 heavy (non-hydrogen) atoms. The molecule has 0 atom stereocenters. The van der Waals surface area contributed by atoms with E-state index in [1.807, 2.05) is 0 Å². The summed E-state index contributed by atoms with van der Waals surface area (Å²) in [6.07, 6.45) is 1.19. The lowest BCUT2D eigenvalue weighted by Crippen LogP contribution is -2.20. The molecule has 0 aliphatic heterocycles. The zero-order valence-corrected chi connectivity index (χ0v) is 9.90. The molecule has 0 fully saturated rings. The van der Waals surface area contributed by atoms with Crippen molar-refractivity contribution in [3.05, 3.63) is 0 Å². The molecule has 0 aromatic heterocycles. The fourth-order valence-electron chi connectivity index (χ4n) is 0.654. The van der Waals surface area contributed by atoms with Gasteiger partial charge >= 0.3 is 0 Å². The van der Waals surface area contributed by atoms with E-state index in [0.29, 0.717) is 5.41 Å². The molecule has 0 bridgehead atoms. The smallest absolute Gasteiger partial charge is 0.145 e. The van der Waals surface area contributed by atoms with Crippen molar-refractivity contribution >= 4 is 10.5 Å². The second-order valence-electron chi connectivity index (χ2n) is 3.89. The van der Waals surface area contributed by atoms with Crippen LogP contribution >= 0.6 is 0 Å². The van der Waals surface area contributed by atoms with E-state index in [2.05, 4.69) is 27.7 Å². The predicted octanol–water partition coefficient (Wildman–Crippen LogP) is 1.36. The Balaban J connectivity index is 3.63. The van der Waals surface area contributed by atoms with Crippen molar-refractivity contribution in [2.75, 3.05) is 6.61 Å². The Morgan fingerprint density at radius 3 is 2.20 bits per heavy atom. The minimum Gasteiger partial charge on any atom is -0.428 e. The Hall–Kier alpha value is 0.177. The number of rotatable bonds is 4.